The molecule has 0 saturated heterocycles. The first-order valence-corrected chi connectivity index (χ1v) is 9.44. The fourth-order valence-corrected chi connectivity index (χ4v) is 2.05. The summed E-state index contributed by atoms with van der Waals surface area (Å²) in [5.41, 5.74) is 0. The van der Waals surface area contributed by atoms with Crippen LogP contribution in [-0.2, 0) is 18.3 Å². The molecule has 3 N–H and O–H groups in total. The maximum absolute atomic E-state index is 11.4. The van der Waals surface area contributed by atoms with E-state index < -0.39 is 7.82 Å². The molecule has 22 heavy (non-hydrogen) atoms. The van der Waals surface area contributed by atoms with Crippen LogP contribution in [0.4, 0.5) is 0 Å². The summed E-state index contributed by atoms with van der Waals surface area (Å²) < 4.78 is 26.2. The van der Waals surface area contributed by atoms with E-state index in [0.29, 0.717) is 13.2 Å². The third-order valence-corrected chi connectivity index (χ3v) is 3.49. The van der Waals surface area contributed by atoms with Crippen molar-refractivity contribution in [1.29, 1.82) is 0 Å². The predicted molar refractivity (Wildman–Crippen MR) is 85.8 cm³/mol. The van der Waals surface area contributed by atoms with Gasteiger partial charge in [0.15, 0.2) is 0 Å². The molecule has 0 aromatic carbocycles. The summed E-state index contributed by atoms with van der Waals surface area (Å²) in [6.45, 7) is 5.28. The summed E-state index contributed by atoms with van der Waals surface area (Å²) in [6.07, 6.45) is 6.10. The molecular weight excluding hydrogens is 311 g/mol. The minimum absolute atomic E-state index is 0.0897. The quantitative estimate of drug-likeness (QED) is 0.328. The van der Waals surface area contributed by atoms with E-state index in [9.17, 15) is 9.46 Å². The average Bonchev–Trinajstić information content (AvgIpc) is 2.50. The van der Waals surface area contributed by atoms with Gasteiger partial charge in [0.1, 0.15) is 0 Å². The van der Waals surface area contributed by atoms with E-state index in [2.05, 4.69) is 13.8 Å². The van der Waals surface area contributed by atoms with Gasteiger partial charge in [0.25, 0.3) is 0 Å². The Morgan fingerprint density at radius 2 is 1.36 bits per heavy atom. The van der Waals surface area contributed by atoms with Crippen molar-refractivity contribution < 1.29 is 33.5 Å². The fourth-order valence-electron chi connectivity index (χ4n) is 1.31. The number of hydrogen-bond acceptors (Lipinski definition) is 6. The molecule has 0 aromatic rings. The predicted octanol–water partition coefficient (Wildman–Crippen LogP) is 2.49. The Labute approximate surface area is 134 Å². The molecule has 0 saturated carbocycles. The minimum Gasteiger partial charge on any atom is -0.394 e. The molecule has 0 aromatic heterocycles. The van der Waals surface area contributed by atoms with Gasteiger partial charge in [0.05, 0.1) is 33.0 Å². The Morgan fingerprint density at radius 1 is 0.773 bits per heavy atom. The van der Waals surface area contributed by atoms with Gasteiger partial charge in [0.2, 0.25) is 0 Å². The maximum atomic E-state index is 11.4. The van der Waals surface area contributed by atoms with Gasteiger partial charge in [-0.05, 0) is 12.8 Å². The van der Waals surface area contributed by atoms with Crippen LogP contribution in [-0.4, -0.2) is 54.7 Å². The Bertz CT molecular complexity index is 249. The number of rotatable bonds is 14. The zero-order chi connectivity index (χ0) is 17.1. The molecule has 0 fully saturated rings. The minimum atomic E-state index is -3.88. The molecule has 0 aliphatic rings. The SMILES string of the molecule is CCCCCCOP(=O)(O)OCCOCCCC.OCCO. The van der Waals surface area contributed by atoms with Gasteiger partial charge >= 0.3 is 7.82 Å². The number of ether oxygens (including phenoxy) is 1. The smallest absolute Gasteiger partial charge is 0.394 e. The molecule has 0 bridgehead atoms. The van der Waals surface area contributed by atoms with E-state index in [4.69, 9.17) is 24.0 Å². The van der Waals surface area contributed by atoms with Gasteiger partial charge in [-0.2, -0.15) is 0 Å². The first-order valence-electron chi connectivity index (χ1n) is 7.95. The van der Waals surface area contributed by atoms with Crippen molar-refractivity contribution in [2.45, 2.75) is 52.4 Å². The monoisotopic (exact) mass is 344 g/mol. The number of aliphatic hydroxyl groups excluding tert-OH is 2. The summed E-state index contributed by atoms with van der Waals surface area (Å²) in [5, 5.41) is 15.2. The zero-order valence-corrected chi connectivity index (χ0v) is 14.8. The topological polar surface area (TPSA) is 105 Å². The highest BCUT2D eigenvalue weighted by atomic mass is 31.2. The van der Waals surface area contributed by atoms with E-state index in [0.717, 1.165) is 38.5 Å². The van der Waals surface area contributed by atoms with Crippen molar-refractivity contribution in [3.63, 3.8) is 0 Å². The Morgan fingerprint density at radius 3 is 1.91 bits per heavy atom. The molecule has 1 atom stereocenters. The van der Waals surface area contributed by atoms with Crippen LogP contribution in [0.2, 0.25) is 0 Å². The second-order valence-corrected chi connectivity index (χ2v) is 6.06. The molecular formula is C14H33O7P. The molecule has 0 radical (unpaired) electrons. The molecule has 7 nitrogen and oxygen atoms in total. The number of phosphoric acid groups is 1. The lowest BCUT2D eigenvalue weighted by Gasteiger charge is -2.12. The van der Waals surface area contributed by atoms with Crippen LogP contribution in [0.5, 0.6) is 0 Å². The lowest BCUT2D eigenvalue weighted by Crippen LogP contribution is -2.05. The maximum Gasteiger partial charge on any atom is 0.472 e. The summed E-state index contributed by atoms with van der Waals surface area (Å²) >= 11 is 0. The van der Waals surface area contributed by atoms with Crippen LogP contribution in [0.15, 0.2) is 0 Å². The fraction of sp³-hybridized carbons (Fsp3) is 1.00. The van der Waals surface area contributed by atoms with E-state index in [1.165, 1.54) is 0 Å². The number of unbranched alkanes of at least 4 members (excludes halogenated alkanes) is 4. The largest absolute Gasteiger partial charge is 0.472 e. The third kappa shape index (κ3) is 22.3. The van der Waals surface area contributed by atoms with E-state index in [1.807, 2.05) is 0 Å². The number of hydrogen-bond donors (Lipinski definition) is 3. The van der Waals surface area contributed by atoms with Crippen molar-refractivity contribution >= 4 is 7.82 Å². The molecule has 0 aliphatic heterocycles. The highest BCUT2D eigenvalue weighted by Gasteiger charge is 2.19. The van der Waals surface area contributed by atoms with Crippen LogP contribution >= 0.6 is 7.82 Å². The van der Waals surface area contributed by atoms with Crippen LogP contribution in [0, 0.1) is 0 Å². The molecule has 0 spiro atoms. The standard InChI is InChI=1S/C12H27O5P.C2H6O2/c1-3-5-7-8-10-16-18(13,14)17-12-11-15-9-6-4-2;3-1-2-4/h3-12H2,1-2H3,(H,13,14);3-4H,1-2H2. The molecule has 136 valence electrons. The van der Waals surface area contributed by atoms with Crippen molar-refractivity contribution in [1.82, 2.24) is 0 Å². The normalized spacial score (nSPS) is 13.3. The van der Waals surface area contributed by atoms with E-state index >= 15 is 0 Å². The van der Waals surface area contributed by atoms with E-state index in [-0.39, 0.29) is 26.4 Å². The second kappa shape index (κ2) is 19.0. The highest BCUT2D eigenvalue weighted by molar-refractivity contribution is 7.47. The van der Waals surface area contributed by atoms with Crippen LogP contribution in [0.1, 0.15) is 52.4 Å². The number of phosphoric ester groups is 1. The summed E-state index contributed by atoms with van der Waals surface area (Å²) in [5.74, 6) is 0. The first-order chi connectivity index (χ1) is 10.5. The zero-order valence-electron chi connectivity index (χ0n) is 13.9. The molecule has 8 heteroatoms. The average molecular weight is 344 g/mol. The summed E-state index contributed by atoms with van der Waals surface area (Å²) in [4.78, 5) is 9.33. The summed E-state index contributed by atoms with van der Waals surface area (Å²) in [7, 11) is -3.88. The van der Waals surface area contributed by atoms with Gasteiger partial charge in [-0.3, -0.25) is 9.05 Å². The van der Waals surface area contributed by atoms with Gasteiger partial charge in [-0.25, -0.2) is 4.57 Å². The van der Waals surface area contributed by atoms with Crippen LogP contribution < -0.4 is 0 Å². The van der Waals surface area contributed by atoms with Crippen molar-refractivity contribution in [3.05, 3.63) is 0 Å². The van der Waals surface area contributed by atoms with Crippen LogP contribution in [0.3, 0.4) is 0 Å². The van der Waals surface area contributed by atoms with Crippen molar-refractivity contribution in [2.75, 3.05) is 39.6 Å². The van der Waals surface area contributed by atoms with Gasteiger partial charge in [0, 0.05) is 6.61 Å². The van der Waals surface area contributed by atoms with Crippen molar-refractivity contribution in [3.8, 4) is 0 Å². The molecule has 0 rings (SSSR count). The van der Waals surface area contributed by atoms with Gasteiger partial charge in [-0.1, -0.05) is 39.5 Å². The van der Waals surface area contributed by atoms with Gasteiger partial charge < -0.3 is 19.8 Å². The Hall–Kier alpha value is -0.0100. The Kier molecular flexibility index (Phi) is 21.0. The Balaban J connectivity index is 0. The highest BCUT2D eigenvalue weighted by Crippen LogP contribution is 2.43. The van der Waals surface area contributed by atoms with Gasteiger partial charge in [-0.15, -0.1) is 0 Å². The van der Waals surface area contributed by atoms with Crippen LogP contribution in [0.25, 0.3) is 0 Å². The second-order valence-electron chi connectivity index (χ2n) is 4.61. The lowest BCUT2D eigenvalue weighted by atomic mass is 10.2. The van der Waals surface area contributed by atoms with E-state index in [1.54, 1.807) is 0 Å². The van der Waals surface area contributed by atoms with Crippen molar-refractivity contribution in [2.24, 2.45) is 0 Å². The third-order valence-electron chi connectivity index (χ3n) is 2.48. The molecule has 0 heterocycles. The molecule has 1 unspecified atom stereocenters. The molecule has 0 amide bonds. The first kappa shape index (κ1) is 24.2. The lowest BCUT2D eigenvalue weighted by molar-refractivity contribution is 0.0748. The number of aliphatic hydroxyl groups is 2. The molecule has 0 aliphatic carbocycles. The summed E-state index contributed by atoms with van der Waals surface area (Å²) in [6, 6.07) is 0.